The summed E-state index contributed by atoms with van der Waals surface area (Å²) in [7, 11) is 0. The van der Waals surface area contributed by atoms with Crippen LogP contribution in [0, 0.1) is 5.92 Å². The Hall–Kier alpha value is -1.36. The molecule has 1 aromatic rings. The van der Waals surface area contributed by atoms with Gasteiger partial charge in [-0.2, -0.15) is 0 Å². The number of anilines is 2. The lowest BCUT2D eigenvalue weighted by atomic mass is 10.0. The molecule has 19 heavy (non-hydrogen) atoms. The van der Waals surface area contributed by atoms with E-state index in [2.05, 4.69) is 34.1 Å². The Morgan fingerprint density at radius 1 is 1.37 bits per heavy atom. The fourth-order valence-corrected chi connectivity index (χ4v) is 2.75. The average molecular weight is 263 g/mol. The van der Waals surface area contributed by atoms with Crippen LogP contribution < -0.4 is 16.2 Å². The minimum atomic E-state index is 0.768. The summed E-state index contributed by atoms with van der Waals surface area (Å²) in [5.41, 5.74) is 3.86. The molecule has 0 aromatic carbocycles. The summed E-state index contributed by atoms with van der Waals surface area (Å²) < 4.78 is 0. The minimum absolute atomic E-state index is 0.768. The van der Waals surface area contributed by atoms with Crippen LogP contribution in [0.2, 0.25) is 0 Å². The van der Waals surface area contributed by atoms with Crippen LogP contribution in [0.25, 0.3) is 0 Å². The maximum Gasteiger partial charge on any atom is 0.148 e. The van der Waals surface area contributed by atoms with E-state index in [9.17, 15) is 0 Å². The molecule has 5 nitrogen and oxygen atoms in total. The first-order valence-corrected chi connectivity index (χ1v) is 7.31. The van der Waals surface area contributed by atoms with Crippen molar-refractivity contribution in [1.29, 1.82) is 0 Å². The van der Waals surface area contributed by atoms with Gasteiger partial charge in [-0.1, -0.05) is 20.3 Å². The molecule has 2 heterocycles. The van der Waals surface area contributed by atoms with Crippen molar-refractivity contribution in [2.24, 2.45) is 11.8 Å². The van der Waals surface area contributed by atoms with Gasteiger partial charge in [-0.05, 0) is 31.6 Å². The zero-order chi connectivity index (χ0) is 13.7. The fraction of sp³-hybridized carbons (Fsp3) is 0.714. The SMILES string of the molecule is CCCc1c(NN)ncnc1N1CCCC(C)CC1. The summed E-state index contributed by atoms with van der Waals surface area (Å²) >= 11 is 0. The summed E-state index contributed by atoms with van der Waals surface area (Å²) in [5, 5.41) is 0. The molecule has 0 amide bonds. The van der Waals surface area contributed by atoms with E-state index in [-0.39, 0.29) is 0 Å². The van der Waals surface area contributed by atoms with Gasteiger partial charge in [0.05, 0.1) is 0 Å². The van der Waals surface area contributed by atoms with Gasteiger partial charge in [-0.3, -0.25) is 0 Å². The van der Waals surface area contributed by atoms with E-state index in [0.717, 1.165) is 49.0 Å². The molecule has 106 valence electrons. The Kier molecular flexibility index (Phi) is 4.96. The van der Waals surface area contributed by atoms with Crippen molar-refractivity contribution in [3.63, 3.8) is 0 Å². The van der Waals surface area contributed by atoms with E-state index < -0.39 is 0 Å². The van der Waals surface area contributed by atoms with Crippen molar-refractivity contribution in [1.82, 2.24) is 9.97 Å². The standard InChI is InChI=1S/C14H25N5/c1-3-5-12-13(18-15)16-10-17-14(12)19-8-4-6-11(2)7-9-19/h10-11H,3-9,15H2,1-2H3,(H,16,17,18). The van der Waals surface area contributed by atoms with Crippen LogP contribution in [0.3, 0.4) is 0 Å². The number of hydrogen-bond donors (Lipinski definition) is 2. The van der Waals surface area contributed by atoms with Crippen molar-refractivity contribution in [3.05, 3.63) is 11.9 Å². The molecule has 0 spiro atoms. The molecule has 2 rings (SSSR count). The molecule has 1 aromatic heterocycles. The number of nitrogen functional groups attached to an aromatic ring is 1. The topological polar surface area (TPSA) is 67.1 Å². The van der Waals surface area contributed by atoms with E-state index in [1.165, 1.54) is 19.3 Å². The van der Waals surface area contributed by atoms with Gasteiger partial charge in [0.1, 0.15) is 18.0 Å². The maximum absolute atomic E-state index is 5.57. The summed E-state index contributed by atoms with van der Waals surface area (Å²) in [6.45, 7) is 6.67. The number of rotatable bonds is 4. The Morgan fingerprint density at radius 3 is 2.95 bits per heavy atom. The third-order valence-electron chi connectivity index (χ3n) is 3.88. The summed E-state index contributed by atoms with van der Waals surface area (Å²) in [6, 6.07) is 0. The first kappa shape index (κ1) is 14.1. The fourth-order valence-electron chi connectivity index (χ4n) is 2.75. The molecule has 1 aliphatic heterocycles. The minimum Gasteiger partial charge on any atom is -0.356 e. The molecule has 1 saturated heterocycles. The van der Waals surface area contributed by atoms with Gasteiger partial charge in [-0.15, -0.1) is 0 Å². The number of nitrogens with zero attached hydrogens (tertiary/aromatic N) is 3. The van der Waals surface area contributed by atoms with E-state index in [1.54, 1.807) is 6.33 Å². The molecule has 0 bridgehead atoms. The smallest absolute Gasteiger partial charge is 0.148 e. The molecule has 0 saturated carbocycles. The first-order valence-electron chi connectivity index (χ1n) is 7.31. The Balaban J connectivity index is 2.26. The Morgan fingerprint density at radius 2 is 2.21 bits per heavy atom. The second kappa shape index (κ2) is 6.70. The predicted octanol–water partition coefficient (Wildman–Crippen LogP) is 2.34. The predicted molar refractivity (Wildman–Crippen MR) is 79.1 cm³/mol. The lowest BCUT2D eigenvalue weighted by molar-refractivity contribution is 0.521. The highest BCUT2D eigenvalue weighted by molar-refractivity contribution is 5.58. The van der Waals surface area contributed by atoms with Crippen LogP contribution in [0.1, 0.15) is 45.1 Å². The van der Waals surface area contributed by atoms with Crippen LogP contribution >= 0.6 is 0 Å². The molecule has 1 aliphatic rings. The van der Waals surface area contributed by atoms with Crippen LogP contribution in [0.5, 0.6) is 0 Å². The molecular weight excluding hydrogens is 238 g/mol. The van der Waals surface area contributed by atoms with Crippen molar-refractivity contribution in [2.75, 3.05) is 23.4 Å². The van der Waals surface area contributed by atoms with E-state index in [0.29, 0.717) is 0 Å². The van der Waals surface area contributed by atoms with Crippen LogP contribution in [-0.4, -0.2) is 23.1 Å². The summed E-state index contributed by atoms with van der Waals surface area (Å²) in [4.78, 5) is 11.2. The average Bonchev–Trinajstić information content (AvgIpc) is 2.64. The Bertz CT molecular complexity index is 407. The molecule has 0 aliphatic carbocycles. The zero-order valence-corrected chi connectivity index (χ0v) is 12.0. The number of aromatic nitrogens is 2. The molecule has 1 atom stereocenters. The number of hydrazine groups is 1. The Labute approximate surface area is 115 Å². The van der Waals surface area contributed by atoms with Gasteiger partial charge < -0.3 is 10.3 Å². The third kappa shape index (κ3) is 3.35. The highest BCUT2D eigenvalue weighted by Crippen LogP contribution is 2.27. The molecule has 5 heteroatoms. The molecular formula is C14H25N5. The lowest BCUT2D eigenvalue weighted by Crippen LogP contribution is -2.27. The van der Waals surface area contributed by atoms with Gasteiger partial charge in [0.2, 0.25) is 0 Å². The maximum atomic E-state index is 5.57. The van der Waals surface area contributed by atoms with Crippen molar-refractivity contribution < 1.29 is 0 Å². The van der Waals surface area contributed by atoms with Gasteiger partial charge in [0, 0.05) is 18.7 Å². The second-order valence-electron chi connectivity index (χ2n) is 5.44. The monoisotopic (exact) mass is 263 g/mol. The van der Waals surface area contributed by atoms with E-state index in [4.69, 9.17) is 5.84 Å². The van der Waals surface area contributed by atoms with Crippen LogP contribution in [0.15, 0.2) is 6.33 Å². The van der Waals surface area contributed by atoms with Crippen molar-refractivity contribution in [2.45, 2.75) is 46.0 Å². The third-order valence-corrected chi connectivity index (χ3v) is 3.88. The van der Waals surface area contributed by atoms with Gasteiger partial charge in [-0.25, -0.2) is 15.8 Å². The second-order valence-corrected chi connectivity index (χ2v) is 5.44. The highest BCUT2D eigenvalue weighted by atomic mass is 15.3. The first-order chi connectivity index (χ1) is 9.26. The highest BCUT2D eigenvalue weighted by Gasteiger charge is 2.19. The van der Waals surface area contributed by atoms with Crippen LogP contribution in [0.4, 0.5) is 11.6 Å². The van der Waals surface area contributed by atoms with E-state index >= 15 is 0 Å². The number of nitrogens with one attached hydrogen (secondary N) is 1. The van der Waals surface area contributed by atoms with Crippen molar-refractivity contribution >= 4 is 11.6 Å². The van der Waals surface area contributed by atoms with Gasteiger partial charge in [0.25, 0.3) is 0 Å². The zero-order valence-electron chi connectivity index (χ0n) is 12.0. The molecule has 0 radical (unpaired) electrons. The summed E-state index contributed by atoms with van der Waals surface area (Å²) in [6.07, 6.45) is 7.43. The molecule has 3 N–H and O–H groups in total. The van der Waals surface area contributed by atoms with E-state index in [1.807, 2.05) is 0 Å². The molecule has 1 unspecified atom stereocenters. The normalized spacial score (nSPS) is 20.2. The van der Waals surface area contributed by atoms with Gasteiger partial charge >= 0.3 is 0 Å². The van der Waals surface area contributed by atoms with Crippen LogP contribution in [-0.2, 0) is 6.42 Å². The quantitative estimate of drug-likeness (QED) is 0.644. The molecule has 1 fully saturated rings. The summed E-state index contributed by atoms with van der Waals surface area (Å²) in [5.74, 6) is 8.22. The van der Waals surface area contributed by atoms with Gasteiger partial charge in [0.15, 0.2) is 0 Å². The number of hydrogen-bond acceptors (Lipinski definition) is 5. The lowest BCUT2D eigenvalue weighted by Gasteiger charge is -2.25. The number of nitrogens with two attached hydrogens (primary N) is 1. The largest absolute Gasteiger partial charge is 0.356 e. The van der Waals surface area contributed by atoms with Crippen molar-refractivity contribution in [3.8, 4) is 0 Å².